The van der Waals surface area contributed by atoms with Crippen LogP contribution in [0.1, 0.15) is 18.1 Å². The summed E-state index contributed by atoms with van der Waals surface area (Å²) in [7, 11) is 0. The van der Waals surface area contributed by atoms with Gasteiger partial charge in [0, 0.05) is 39.3 Å². The van der Waals surface area contributed by atoms with Crippen LogP contribution in [0, 0.1) is 0 Å². The largest absolute Gasteiger partial charge is 0.416 e. The summed E-state index contributed by atoms with van der Waals surface area (Å²) in [5.41, 5.74) is 0.0573. The van der Waals surface area contributed by atoms with Gasteiger partial charge in [0.25, 0.3) is 0 Å². The number of hydrogen-bond donors (Lipinski definition) is 1. The predicted octanol–water partition coefficient (Wildman–Crippen LogP) is 1.96. The number of hydrogen-bond acceptors (Lipinski definition) is 3. The van der Waals surface area contributed by atoms with Crippen LogP contribution in [0.2, 0.25) is 0 Å². The fourth-order valence-electron chi connectivity index (χ4n) is 2.67. The fraction of sp³-hybridized carbons (Fsp3) is 0.562. The van der Waals surface area contributed by atoms with Crippen LogP contribution in [-0.4, -0.2) is 55.0 Å². The van der Waals surface area contributed by atoms with E-state index in [9.17, 15) is 18.0 Å². The van der Waals surface area contributed by atoms with Crippen molar-refractivity contribution in [3.05, 3.63) is 35.4 Å². The molecule has 7 heteroatoms. The van der Waals surface area contributed by atoms with Crippen molar-refractivity contribution >= 4 is 5.91 Å². The van der Waals surface area contributed by atoms with Crippen molar-refractivity contribution in [2.24, 2.45) is 0 Å². The monoisotopic (exact) mass is 329 g/mol. The second-order valence-corrected chi connectivity index (χ2v) is 5.70. The summed E-state index contributed by atoms with van der Waals surface area (Å²) >= 11 is 0. The van der Waals surface area contributed by atoms with E-state index in [2.05, 4.69) is 15.1 Å². The number of alkyl halides is 3. The van der Waals surface area contributed by atoms with Crippen molar-refractivity contribution in [1.82, 2.24) is 15.1 Å². The van der Waals surface area contributed by atoms with Gasteiger partial charge in [-0.3, -0.25) is 14.6 Å². The molecule has 0 saturated carbocycles. The Labute approximate surface area is 134 Å². The third-order valence-corrected chi connectivity index (χ3v) is 3.87. The van der Waals surface area contributed by atoms with Gasteiger partial charge in [0.15, 0.2) is 0 Å². The van der Waals surface area contributed by atoms with Crippen LogP contribution in [0.3, 0.4) is 0 Å². The van der Waals surface area contributed by atoms with Gasteiger partial charge in [-0.1, -0.05) is 18.2 Å². The molecule has 0 aromatic heterocycles. The number of amides is 1. The van der Waals surface area contributed by atoms with Gasteiger partial charge in [0.1, 0.15) is 0 Å². The lowest BCUT2D eigenvalue weighted by atomic mass is 10.1. The molecule has 1 aliphatic rings. The second-order valence-electron chi connectivity index (χ2n) is 5.70. The zero-order valence-corrected chi connectivity index (χ0v) is 13.2. The van der Waals surface area contributed by atoms with Crippen LogP contribution in [0.25, 0.3) is 0 Å². The summed E-state index contributed by atoms with van der Waals surface area (Å²) in [6, 6.07) is 5.47. The van der Waals surface area contributed by atoms with Gasteiger partial charge in [0.05, 0.1) is 12.1 Å². The van der Waals surface area contributed by atoms with Gasteiger partial charge < -0.3 is 5.32 Å². The topological polar surface area (TPSA) is 35.6 Å². The zero-order chi connectivity index (χ0) is 16.9. The van der Waals surface area contributed by atoms with Gasteiger partial charge in [-0.05, 0) is 18.6 Å². The highest BCUT2D eigenvalue weighted by atomic mass is 19.4. The van der Waals surface area contributed by atoms with Crippen LogP contribution in [0.4, 0.5) is 13.2 Å². The highest BCUT2D eigenvalue weighted by molar-refractivity contribution is 5.77. The number of rotatable bonds is 5. The van der Waals surface area contributed by atoms with E-state index in [0.29, 0.717) is 25.2 Å². The van der Waals surface area contributed by atoms with Gasteiger partial charge in [-0.25, -0.2) is 0 Å². The Morgan fingerprint density at radius 1 is 1.17 bits per heavy atom. The molecule has 4 nitrogen and oxygen atoms in total. The van der Waals surface area contributed by atoms with Crippen molar-refractivity contribution in [1.29, 1.82) is 0 Å². The molecular weight excluding hydrogens is 307 g/mol. The zero-order valence-electron chi connectivity index (χ0n) is 13.2. The minimum atomic E-state index is -4.30. The molecule has 1 amide bonds. The standard InChI is InChI=1S/C16H22F3N3O/c1-2-20-15(23)12-22-8-6-21(7-9-22)11-13-4-3-5-14(10-13)16(17,18)19/h3-5,10H,2,6-9,11-12H2,1H3,(H,20,23). The van der Waals surface area contributed by atoms with Gasteiger partial charge >= 0.3 is 6.18 Å². The lowest BCUT2D eigenvalue weighted by molar-refractivity contribution is -0.137. The number of halogens is 3. The number of benzene rings is 1. The summed E-state index contributed by atoms with van der Waals surface area (Å²) in [6.07, 6.45) is -4.30. The van der Waals surface area contributed by atoms with Crippen molar-refractivity contribution in [3.63, 3.8) is 0 Å². The summed E-state index contributed by atoms with van der Waals surface area (Å²) in [5, 5.41) is 2.76. The van der Waals surface area contributed by atoms with Crippen LogP contribution in [-0.2, 0) is 17.5 Å². The number of nitrogens with zero attached hydrogens (tertiary/aromatic N) is 2. The maximum atomic E-state index is 12.7. The first-order valence-corrected chi connectivity index (χ1v) is 7.76. The maximum absolute atomic E-state index is 12.7. The molecule has 1 aromatic carbocycles. The second kappa shape index (κ2) is 7.79. The average Bonchev–Trinajstić information content (AvgIpc) is 2.49. The number of carbonyl (C=O) groups is 1. The highest BCUT2D eigenvalue weighted by Gasteiger charge is 2.30. The molecule has 1 aliphatic heterocycles. The van der Waals surface area contributed by atoms with E-state index in [4.69, 9.17) is 0 Å². The van der Waals surface area contributed by atoms with Crippen molar-refractivity contribution < 1.29 is 18.0 Å². The highest BCUT2D eigenvalue weighted by Crippen LogP contribution is 2.29. The quantitative estimate of drug-likeness (QED) is 0.897. The maximum Gasteiger partial charge on any atom is 0.416 e. The molecule has 23 heavy (non-hydrogen) atoms. The number of carbonyl (C=O) groups excluding carboxylic acids is 1. The van der Waals surface area contributed by atoms with E-state index >= 15 is 0 Å². The molecule has 1 saturated heterocycles. The summed E-state index contributed by atoms with van der Waals surface area (Å²) in [4.78, 5) is 15.7. The van der Waals surface area contributed by atoms with E-state index in [-0.39, 0.29) is 5.91 Å². The third-order valence-electron chi connectivity index (χ3n) is 3.87. The van der Waals surface area contributed by atoms with E-state index in [1.165, 1.54) is 12.1 Å². The Morgan fingerprint density at radius 3 is 2.43 bits per heavy atom. The third kappa shape index (κ3) is 5.51. The first-order chi connectivity index (χ1) is 10.9. The molecule has 0 atom stereocenters. The van der Waals surface area contributed by atoms with E-state index in [1.807, 2.05) is 6.92 Å². The lowest BCUT2D eigenvalue weighted by Gasteiger charge is -2.34. The van der Waals surface area contributed by atoms with Crippen molar-refractivity contribution in [2.75, 3.05) is 39.3 Å². The van der Waals surface area contributed by atoms with Crippen LogP contribution < -0.4 is 5.32 Å². The first-order valence-electron chi connectivity index (χ1n) is 7.76. The molecular formula is C16H22F3N3O. The minimum Gasteiger partial charge on any atom is -0.355 e. The van der Waals surface area contributed by atoms with Gasteiger partial charge in [0.2, 0.25) is 5.91 Å². The summed E-state index contributed by atoms with van der Waals surface area (Å²) in [5.74, 6) is 0.0128. The molecule has 1 heterocycles. The van der Waals surface area contributed by atoms with E-state index < -0.39 is 11.7 Å². The summed E-state index contributed by atoms with van der Waals surface area (Å²) in [6.45, 7) is 6.36. The summed E-state index contributed by atoms with van der Waals surface area (Å²) < 4.78 is 38.2. The Balaban J connectivity index is 1.84. The van der Waals surface area contributed by atoms with E-state index in [1.54, 1.807) is 6.07 Å². The SMILES string of the molecule is CCNC(=O)CN1CCN(Cc2cccc(C(F)(F)F)c2)CC1. The Bertz CT molecular complexity index is 526. The van der Waals surface area contributed by atoms with Crippen LogP contribution in [0.15, 0.2) is 24.3 Å². The molecule has 0 aliphatic carbocycles. The van der Waals surface area contributed by atoms with E-state index in [0.717, 1.165) is 32.2 Å². The predicted molar refractivity (Wildman–Crippen MR) is 81.8 cm³/mol. The molecule has 0 bridgehead atoms. The molecule has 2 rings (SSSR count). The molecule has 0 radical (unpaired) electrons. The number of nitrogens with one attached hydrogen (secondary N) is 1. The Hall–Kier alpha value is -1.60. The van der Waals surface area contributed by atoms with Crippen molar-refractivity contribution in [2.45, 2.75) is 19.6 Å². The number of piperazine rings is 1. The first kappa shape index (κ1) is 17.7. The molecule has 128 valence electrons. The molecule has 1 fully saturated rings. The molecule has 0 unspecified atom stereocenters. The Morgan fingerprint density at radius 2 is 1.83 bits per heavy atom. The minimum absolute atomic E-state index is 0.0128. The normalized spacial score (nSPS) is 17.2. The average molecular weight is 329 g/mol. The molecule has 1 aromatic rings. The van der Waals surface area contributed by atoms with Crippen molar-refractivity contribution in [3.8, 4) is 0 Å². The molecule has 0 spiro atoms. The smallest absolute Gasteiger partial charge is 0.355 e. The lowest BCUT2D eigenvalue weighted by Crippen LogP contribution is -2.49. The van der Waals surface area contributed by atoms with Crippen LogP contribution in [0.5, 0.6) is 0 Å². The Kier molecular flexibility index (Phi) is 6.01. The van der Waals surface area contributed by atoms with Crippen LogP contribution >= 0.6 is 0 Å². The van der Waals surface area contributed by atoms with Gasteiger partial charge in [-0.15, -0.1) is 0 Å². The number of likely N-dealkylation sites (N-methyl/N-ethyl adjacent to an activating group) is 1. The van der Waals surface area contributed by atoms with Gasteiger partial charge in [-0.2, -0.15) is 13.2 Å². The molecule has 1 N–H and O–H groups in total. The fourth-order valence-corrected chi connectivity index (χ4v) is 2.67.